The molecule has 2 rings (SSSR count). The van der Waals surface area contributed by atoms with E-state index in [0.29, 0.717) is 11.8 Å². The molecule has 2 heteroatoms. The van der Waals surface area contributed by atoms with E-state index in [1.807, 2.05) is 6.08 Å². The number of hydrogen-bond donors (Lipinski definition) is 2. The van der Waals surface area contributed by atoms with Crippen LogP contribution in [0.2, 0.25) is 0 Å². The van der Waals surface area contributed by atoms with Crippen LogP contribution >= 0.6 is 0 Å². The molecular weight excluding hydrogens is 140 g/mol. The highest BCUT2D eigenvalue weighted by Crippen LogP contribution is 2.48. The molecule has 0 radical (unpaired) electrons. The zero-order valence-electron chi connectivity index (χ0n) is 6.48. The lowest BCUT2D eigenvalue weighted by atomic mass is 9.87. The summed E-state index contributed by atoms with van der Waals surface area (Å²) in [5.74, 6) is 0.759. The third kappa shape index (κ3) is 0.861. The summed E-state index contributed by atoms with van der Waals surface area (Å²) < 4.78 is 0. The van der Waals surface area contributed by atoms with Gasteiger partial charge in [-0.3, -0.25) is 0 Å². The lowest BCUT2D eigenvalue weighted by molar-refractivity contribution is 0.0580. The zero-order valence-corrected chi connectivity index (χ0v) is 6.48. The quantitative estimate of drug-likeness (QED) is 0.541. The molecule has 0 heterocycles. The molecule has 2 nitrogen and oxygen atoms in total. The van der Waals surface area contributed by atoms with Gasteiger partial charge in [-0.2, -0.15) is 0 Å². The monoisotopic (exact) mass is 154 g/mol. The van der Waals surface area contributed by atoms with E-state index in [9.17, 15) is 10.2 Å². The first-order valence-corrected chi connectivity index (χ1v) is 4.22. The molecule has 0 aromatic rings. The van der Waals surface area contributed by atoms with Crippen LogP contribution in [0.25, 0.3) is 0 Å². The lowest BCUT2D eigenvalue weighted by Crippen LogP contribution is -2.26. The molecule has 0 aliphatic heterocycles. The number of aliphatic hydroxyl groups excluding tert-OH is 2. The van der Waals surface area contributed by atoms with Crippen LogP contribution in [0.4, 0.5) is 0 Å². The van der Waals surface area contributed by atoms with Crippen molar-refractivity contribution in [3.8, 4) is 0 Å². The highest BCUT2D eigenvalue weighted by molar-refractivity contribution is 5.06. The summed E-state index contributed by atoms with van der Waals surface area (Å²) in [4.78, 5) is 0. The molecule has 0 saturated heterocycles. The van der Waals surface area contributed by atoms with Crippen molar-refractivity contribution in [1.29, 1.82) is 0 Å². The van der Waals surface area contributed by atoms with Gasteiger partial charge in [0.15, 0.2) is 0 Å². The first kappa shape index (κ1) is 7.32. The third-order valence-electron chi connectivity index (χ3n) is 3.24. The average molecular weight is 154 g/mol. The van der Waals surface area contributed by atoms with E-state index in [1.165, 1.54) is 0 Å². The van der Waals surface area contributed by atoms with Gasteiger partial charge < -0.3 is 10.2 Å². The van der Waals surface area contributed by atoms with Gasteiger partial charge in [0, 0.05) is 5.92 Å². The highest BCUT2D eigenvalue weighted by Gasteiger charge is 2.51. The average Bonchev–Trinajstić information content (AvgIpc) is 2.42. The second-order valence-corrected chi connectivity index (χ2v) is 3.77. The Morgan fingerprint density at radius 3 is 2.36 bits per heavy atom. The van der Waals surface area contributed by atoms with Crippen molar-refractivity contribution in [2.75, 3.05) is 0 Å². The van der Waals surface area contributed by atoms with E-state index < -0.39 is 0 Å². The van der Waals surface area contributed by atoms with Crippen LogP contribution in [-0.2, 0) is 0 Å². The van der Waals surface area contributed by atoms with E-state index in [1.54, 1.807) is 0 Å². The standard InChI is InChI=1S/C9H14O2/c1-2-5-3-6-4-7(10)8(5)9(6)11/h2,5-11H,1,3-4H2. The second-order valence-electron chi connectivity index (χ2n) is 3.77. The second kappa shape index (κ2) is 2.32. The Balaban J connectivity index is 2.19. The SMILES string of the molecule is C=CC1CC2CC(O)C1C2O. The fourth-order valence-electron chi connectivity index (χ4n) is 2.68. The summed E-state index contributed by atoms with van der Waals surface area (Å²) in [6, 6.07) is 0. The first-order chi connectivity index (χ1) is 5.24. The maximum Gasteiger partial charge on any atom is 0.0628 e. The van der Waals surface area contributed by atoms with Gasteiger partial charge in [-0.1, -0.05) is 6.08 Å². The largest absolute Gasteiger partial charge is 0.393 e. The van der Waals surface area contributed by atoms with Crippen LogP contribution in [0.3, 0.4) is 0 Å². The maximum absolute atomic E-state index is 9.59. The number of rotatable bonds is 1. The van der Waals surface area contributed by atoms with E-state index in [2.05, 4.69) is 6.58 Å². The molecule has 2 bridgehead atoms. The van der Waals surface area contributed by atoms with Crippen molar-refractivity contribution < 1.29 is 10.2 Å². The van der Waals surface area contributed by atoms with Crippen molar-refractivity contribution in [2.45, 2.75) is 25.0 Å². The molecule has 62 valence electrons. The zero-order chi connectivity index (χ0) is 8.01. The molecule has 2 aliphatic carbocycles. The van der Waals surface area contributed by atoms with Gasteiger partial charge in [0.05, 0.1) is 12.2 Å². The highest BCUT2D eigenvalue weighted by atomic mass is 16.3. The number of fused-ring (bicyclic) bond motifs is 2. The molecule has 0 aromatic carbocycles. The smallest absolute Gasteiger partial charge is 0.0628 e. The molecule has 0 amide bonds. The minimum Gasteiger partial charge on any atom is -0.393 e. The van der Waals surface area contributed by atoms with Gasteiger partial charge in [-0.15, -0.1) is 6.58 Å². The Bertz CT molecular complexity index is 178. The van der Waals surface area contributed by atoms with Crippen molar-refractivity contribution in [1.82, 2.24) is 0 Å². The summed E-state index contributed by atoms with van der Waals surface area (Å²) in [6.45, 7) is 3.71. The Morgan fingerprint density at radius 2 is 2.00 bits per heavy atom. The van der Waals surface area contributed by atoms with E-state index in [4.69, 9.17) is 0 Å². The van der Waals surface area contributed by atoms with Gasteiger partial charge >= 0.3 is 0 Å². The fourth-order valence-corrected chi connectivity index (χ4v) is 2.68. The van der Waals surface area contributed by atoms with Crippen LogP contribution < -0.4 is 0 Å². The number of aliphatic hydroxyl groups is 2. The number of hydrogen-bond acceptors (Lipinski definition) is 2. The van der Waals surface area contributed by atoms with Crippen molar-refractivity contribution in [3.63, 3.8) is 0 Å². The van der Waals surface area contributed by atoms with Crippen LogP contribution in [0.15, 0.2) is 12.7 Å². The molecule has 2 fully saturated rings. The fraction of sp³-hybridized carbons (Fsp3) is 0.778. The van der Waals surface area contributed by atoms with Crippen LogP contribution in [-0.4, -0.2) is 22.4 Å². The topological polar surface area (TPSA) is 40.5 Å². The van der Waals surface area contributed by atoms with Crippen LogP contribution in [0, 0.1) is 17.8 Å². The molecule has 2 saturated carbocycles. The Morgan fingerprint density at radius 1 is 1.27 bits per heavy atom. The van der Waals surface area contributed by atoms with Gasteiger partial charge in [0.2, 0.25) is 0 Å². The van der Waals surface area contributed by atoms with Crippen molar-refractivity contribution in [2.24, 2.45) is 17.8 Å². The summed E-state index contributed by atoms with van der Waals surface area (Å²) in [5, 5.41) is 19.1. The normalized spacial score (nSPS) is 54.9. The number of allylic oxidation sites excluding steroid dienone is 1. The predicted octanol–water partition coefficient (Wildman–Crippen LogP) is 0.550. The van der Waals surface area contributed by atoms with Crippen molar-refractivity contribution in [3.05, 3.63) is 12.7 Å². The summed E-state index contributed by atoms with van der Waals surface area (Å²) >= 11 is 0. The Kier molecular flexibility index (Phi) is 1.55. The molecule has 2 aliphatic rings. The van der Waals surface area contributed by atoms with E-state index in [0.717, 1.165) is 12.8 Å². The summed E-state index contributed by atoms with van der Waals surface area (Å²) in [5.41, 5.74) is 0. The Labute approximate surface area is 66.5 Å². The third-order valence-corrected chi connectivity index (χ3v) is 3.24. The predicted molar refractivity (Wildman–Crippen MR) is 41.9 cm³/mol. The van der Waals surface area contributed by atoms with Gasteiger partial charge in [-0.05, 0) is 24.7 Å². The molecule has 5 unspecified atom stereocenters. The molecule has 0 spiro atoms. The van der Waals surface area contributed by atoms with Gasteiger partial charge in [0.25, 0.3) is 0 Å². The minimum atomic E-state index is -0.285. The van der Waals surface area contributed by atoms with Gasteiger partial charge in [0.1, 0.15) is 0 Å². The van der Waals surface area contributed by atoms with Crippen LogP contribution in [0.1, 0.15) is 12.8 Å². The summed E-state index contributed by atoms with van der Waals surface area (Å²) in [7, 11) is 0. The Hall–Kier alpha value is -0.340. The van der Waals surface area contributed by atoms with Crippen molar-refractivity contribution >= 4 is 0 Å². The molecule has 11 heavy (non-hydrogen) atoms. The van der Waals surface area contributed by atoms with E-state index >= 15 is 0 Å². The van der Waals surface area contributed by atoms with Crippen LogP contribution in [0.5, 0.6) is 0 Å². The minimum absolute atomic E-state index is 0.0810. The molecular formula is C9H14O2. The molecule has 2 N–H and O–H groups in total. The molecule has 5 atom stereocenters. The maximum atomic E-state index is 9.59. The first-order valence-electron chi connectivity index (χ1n) is 4.22. The summed E-state index contributed by atoms with van der Waals surface area (Å²) in [6.07, 6.45) is 3.12. The van der Waals surface area contributed by atoms with E-state index in [-0.39, 0.29) is 18.1 Å². The molecule has 0 aromatic heterocycles. The lowest BCUT2D eigenvalue weighted by Gasteiger charge is -2.22. The van der Waals surface area contributed by atoms with Gasteiger partial charge in [-0.25, -0.2) is 0 Å².